The van der Waals surface area contributed by atoms with Gasteiger partial charge in [0.05, 0.1) is 16.8 Å². The number of carbonyl (C=O) groups excluding carboxylic acids is 1. The van der Waals surface area contributed by atoms with Crippen molar-refractivity contribution in [3.8, 4) is 0 Å². The van der Waals surface area contributed by atoms with Gasteiger partial charge in [-0.25, -0.2) is 0 Å². The summed E-state index contributed by atoms with van der Waals surface area (Å²) in [5, 5.41) is 8.63. The molecule has 0 radical (unpaired) electrons. The lowest BCUT2D eigenvalue weighted by atomic mass is 10.2. The van der Waals surface area contributed by atoms with Crippen LogP contribution in [0.25, 0.3) is 10.2 Å². The molecule has 4 rings (SSSR count). The fourth-order valence-electron chi connectivity index (χ4n) is 2.47. The Kier molecular flexibility index (Phi) is 3.39. The summed E-state index contributed by atoms with van der Waals surface area (Å²) >= 11 is 1.59. The molecule has 0 aromatic carbocycles. The first-order valence-corrected chi connectivity index (χ1v) is 7.96. The third kappa shape index (κ3) is 2.51. The van der Waals surface area contributed by atoms with Crippen LogP contribution in [0.4, 0.5) is 0 Å². The van der Waals surface area contributed by atoms with Crippen LogP contribution < -0.4 is 5.32 Å². The summed E-state index contributed by atoms with van der Waals surface area (Å²) in [5.74, 6) is 0.751. The van der Waals surface area contributed by atoms with Crippen LogP contribution in [-0.2, 0) is 11.3 Å². The molecule has 2 N–H and O–H groups in total. The highest BCUT2D eigenvalue weighted by atomic mass is 32.1. The van der Waals surface area contributed by atoms with E-state index in [4.69, 9.17) is 9.26 Å². The van der Waals surface area contributed by atoms with Gasteiger partial charge in [-0.1, -0.05) is 5.16 Å². The van der Waals surface area contributed by atoms with Gasteiger partial charge in [0.1, 0.15) is 11.8 Å². The van der Waals surface area contributed by atoms with Crippen molar-refractivity contribution in [2.24, 2.45) is 0 Å². The number of nitrogens with zero attached hydrogens (tertiary/aromatic N) is 2. The van der Waals surface area contributed by atoms with Gasteiger partial charge in [0, 0.05) is 6.61 Å². The number of hydrogen-bond acceptors (Lipinski definition) is 6. The van der Waals surface area contributed by atoms with E-state index >= 15 is 0 Å². The fraction of sp³-hybridized carbons (Fsp3) is 0.357. The summed E-state index contributed by atoms with van der Waals surface area (Å²) in [6, 6.07) is 3.78. The van der Waals surface area contributed by atoms with Crippen LogP contribution >= 0.6 is 11.3 Å². The maximum Gasteiger partial charge on any atom is 0.268 e. The Balaban J connectivity index is 1.39. The highest BCUT2D eigenvalue weighted by Crippen LogP contribution is 2.26. The van der Waals surface area contributed by atoms with E-state index in [9.17, 15) is 4.79 Å². The van der Waals surface area contributed by atoms with Gasteiger partial charge in [-0.15, -0.1) is 11.3 Å². The van der Waals surface area contributed by atoms with Crippen LogP contribution in [0, 0.1) is 0 Å². The molecule has 1 fully saturated rings. The number of amides is 1. The SMILES string of the molecule is O=C(NCc1noc(C2CCCO2)n1)c1cc2sccc2[nH]1. The summed E-state index contributed by atoms with van der Waals surface area (Å²) in [4.78, 5) is 19.4. The zero-order valence-corrected chi connectivity index (χ0v) is 12.5. The Bertz CT molecular complexity index is 771. The lowest BCUT2D eigenvalue weighted by Crippen LogP contribution is -2.23. The molecule has 22 heavy (non-hydrogen) atoms. The number of thiophene rings is 1. The lowest BCUT2D eigenvalue weighted by Gasteiger charge is -2.01. The molecular weight excluding hydrogens is 304 g/mol. The lowest BCUT2D eigenvalue weighted by molar-refractivity contribution is 0.0835. The van der Waals surface area contributed by atoms with Crippen molar-refractivity contribution in [3.63, 3.8) is 0 Å². The zero-order chi connectivity index (χ0) is 14.9. The van der Waals surface area contributed by atoms with Crippen molar-refractivity contribution in [2.75, 3.05) is 6.61 Å². The van der Waals surface area contributed by atoms with Crippen molar-refractivity contribution in [1.29, 1.82) is 0 Å². The Morgan fingerprint density at radius 2 is 2.50 bits per heavy atom. The number of rotatable bonds is 4. The third-order valence-corrected chi connectivity index (χ3v) is 4.44. The highest BCUT2D eigenvalue weighted by Gasteiger charge is 2.24. The Morgan fingerprint density at radius 1 is 1.55 bits per heavy atom. The molecule has 7 nitrogen and oxygen atoms in total. The van der Waals surface area contributed by atoms with E-state index in [0.29, 0.717) is 17.4 Å². The summed E-state index contributed by atoms with van der Waals surface area (Å²) < 4.78 is 11.7. The first-order chi connectivity index (χ1) is 10.8. The molecular formula is C14H14N4O3S. The van der Waals surface area contributed by atoms with Crippen LogP contribution in [0.3, 0.4) is 0 Å². The predicted molar refractivity (Wildman–Crippen MR) is 79.6 cm³/mol. The van der Waals surface area contributed by atoms with Gasteiger partial charge in [-0.3, -0.25) is 4.79 Å². The number of H-pyrrole nitrogens is 1. The molecule has 1 unspecified atom stereocenters. The van der Waals surface area contributed by atoms with Crippen molar-refractivity contribution in [1.82, 2.24) is 20.4 Å². The second-order valence-electron chi connectivity index (χ2n) is 5.11. The molecule has 4 heterocycles. The highest BCUT2D eigenvalue weighted by molar-refractivity contribution is 7.17. The number of hydrogen-bond donors (Lipinski definition) is 2. The molecule has 114 valence electrons. The minimum absolute atomic E-state index is 0.104. The summed E-state index contributed by atoms with van der Waals surface area (Å²) in [7, 11) is 0. The summed E-state index contributed by atoms with van der Waals surface area (Å²) in [6.45, 7) is 0.949. The minimum Gasteiger partial charge on any atom is -0.368 e. The number of aromatic amines is 1. The molecule has 8 heteroatoms. The van der Waals surface area contributed by atoms with Gasteiger partial charge in [0.25, 0.3) is 11.8 Å². The number of aromatic nitrogens is 3. The van der Waals surface area contributed by atoms with Gasteiger partial charge >= 0.3 is 0 Å². The van der Waals surface area contributed by atoms with Crippen LogP contribution in [0.2, 0.25) is 0 Å². The van der Waals surface area contributed by atoms with Crippen molar-refractivity contribution in [3.05, 3.63) is 34.9 Å². The first kappa shape index (κ1) is 13.5. The van der Waals surface area contributed by atoms with Gasteiger partial charge in [-0.05, 0) is 30.4 Å². The van der Waals surface area contributed by atoms with Gasteiger partial charge in [-0.2, -0.15) is 4.98 Å². The quantitative estimate of drug-likeness (QED) is 0.770. The maximum absolute atomic E-state index is 12.1. The van der Waals surface area contributed by atoms with Crippen molar-refractivity contribution in [2.45, 2.75) is 25.5 Å². The third-order valence-electron chi connectivity index (χ3n) is 3.58. The van der Waals surface area contributed by atoms with Gasteiger partial charge in [0.2, 0.25) is 0 Å². The standard InChI is InChI=1S/C14H14N4O3S/c19-13(9-6-11-8(16-9)3-5-22-11)15-7-12-17-14(21-18-12)10-2-1-4-20-10/h3,5-6,10,16H,1-2,4,7H2,(H,15,19). The second kappa shape index (κ2) is 5.54. The molecule has 1 saturated heterocycles. The average Bonchev–Trinajstić information content (AvgIpc) is 3.26. The second-order valence-corrected chi connectivity index (χ2v) is 6.06. The van der Waals surface area contributed by atoms with E-state index in [1.54, 1.807) is 11.3 Å². The molecule has 3 aromatic heterocycles. The van der Waals surface area contributed by atoms with E-state index < -0.39 is 0 Å². The Hall–Kier alpha value is -2.19. The number of fused-ring (bicyclic) bond motifs is 1. The van der Waals surface area contributed by atoms with E-state index in [0.717, 1.165) is 29.7 Å². The molecule has 1 atom stereocenters. The molecule has 0 bridgehead atoms. The van der Waals surface area contributed by atoms with Crippen molar-refractivity contribution < 1.29 is 14.1 Å². The topological polar surface area (TPSA) is 93.0 Å². The molecule has 1 amide bonds. The minimum atomic E-state index is -0.188. The zero-order valence-electron chi connectivity index (χ0n) is 11.7. The average molecular weight is 318 g/mol. The Labute approximate surface area is 129 Å². The number of carbonyl (C=O) groups is 1. The smallest absolute Gasteiger partial charge is 0.268 e. The van der Waals surface area contributed by atoms with Crippen molar-refractivity contribution >= 4 is 27.5 Å². The van der Waals surface area contributed by atoms with Gasteiger partial charge < -0.3 is 19.6 Å². The van der Waals surface area contributed by atoms with E-state index in [2.05, 4.69) is 20.4 Å². The first-order valence-electron chi connectivity index (χ1n) is 7.08. The van der Waals surface area contributed by atoms with E-state index in [1.807, 2.05) is 17.5 Å². The molecule has 3 aromatic rings. The summed E-state index contributed by atoms with van der Waals surface area (Å²) in [5.41, 5.74) is 1.50. The summed E-state index contributed by atoms with van der Waals surface area (Å²) in [6.07, 6.45) is 1.79. The normalized spacial score (nSPS) is 18.1. The molecule has 0 spiro atoms. The molecule has 0 saturated carbocycles. The number of nitrogens with one attached hydrogen (secondary N) is 2. The number of ether oxygens (including phenoxy) is 1. The molecule has 1 aliphatic rings. The maximum atomic E-state index is 12.1. The molecule has 1 aliphatic heterocycles. The van der Waals surface area contributed by atoms with Crippen LogP contribution in [-0.4, -0.2) is 27.6 Å². The van der Waals surface area contributed by atoms with E-state index in [1.165, 1.54) is 0 Å². The van der Waals surface area contributed by atoms with Crippen LogP contribution in [0.1, 0.15) is 41.1 Å². The monoisotopic (exact) mass is 318 g/mol. The molecule has 0 aliphatic carbocycles. The van der Waals surface area contributed by atoms with E-state index in [-0.39, 0.29) is 18.6 Å². The fourth-order valence-corrected chi connectivity index (χ4v) is 3.25. The van der Waals surface area contributed by atoms with Crippen LogP contribution in [0.15, 0.2) is 22.0 Å². The Morgan fingerprint density at radius 3 is 3.32 bits per heavy atom. The van der Waals surface area contributed by atoms with Crippen LogP contribution in [0.5, 0.6) is 0 Å². The predicted octanol–water partition coefficient (Wildman–Crippen LogP) is 2.39. The largest absolute Gasteiger partial charge is 0.368 e. The van der Waals surface area contributed by atoms with Gasteiger partial charge in [0.15, 0.2) is 5.82 Å².